The zero-order chi connectivity index (χ0) is 22.4. The topological polar surface area (TPSA) is 143 Å². The number of aromatic hydroxyl groups is 1. The van der Waals surface area contributed by atoms with Crippen molar-refractivity contribution in [2.24, 2.45) is 5.84 Å². The summed E-state index contributed by atoms with van der Waals surface area (Å²) in [6.45, 7) is 0. The van der Waals surface area contributed by atoms with Crippen LogP contribution in [0, 0.1) is 0 Å². The normalized spacial score (nSPS) is 11.1. The van der Waals surface area contributed by atoms with Crippen molar-refractivity contribution in [3.63, 3.8) is 0 Å². The maximum atomic E-state index is 12.1. The molecule has 1 aliphatic carbocycles. The molecule has 0 radical (unpaired) electrons. The van der Waals surface area contributed by atoms with Crippen LogP contribution in [0.5, 0.6) is 5.75 Å². The molecule has 0 unspecified atom stereocenters. The molecule has 8 nitrogen and oxygen atoms in total. The number of hydrogen-bond donors (Lipinski definition) is 4. The molecule has 156 valence electrons. The number of rotatable bonds is 3. The van der Waals surface area contributed by atoms with E-state index in [0.717, 1.165) is 6.07 Å². The van der Waals surface area contributed by atoms with Gasteiger partial charge in [0.1, 0.15) is 17.1 Å². The van der Waals surface area contributed by atoms with Crippen molar-refractivity contribution in [2.75, 3.05) is 0 Å². The standard InChI is InChI=1S/C21H12Cl2N2O6/c22-13-4-11-17(6-15(13)26)31-18-7-16(27)14(23)5-12(18)19(11)10-3-8(20(28)25-24)1-2-9(10)21(29)30/h1-7,26H,24H2,(H,25,28)(H,29,30). The number of nitrogen functional groups attached to an aromatic ring is 1. The lowest BCUT2D eigenvalue weighted by Gasteiger charge is -2.18. The molecule has 1 heterocycles. The van der Waals surface area contributed by atoms with Crippen molar-refractivity contribution in [1.82, 2.24) is 5.43 Å². The number of hydrogen-bond acceptors (Lipinski definition) is 6. The molecular formula is C21H12Cl2N2O6. The minimum atomic E-state index is -1.26. The number of aromatic carboxylic acids is 1. The largest absolute Gasteiger partial charge is 0.506 e. The number of nitrogens with two attached hydrogens (primary N) is 1. The summed E-state index contributed by atoms with van der Waals surface area (Å²) in [5.41, 5.74) is 2.34. The van der Waals surface area contributed by atoms with Crippen molar-refractivity contribution in [1.29, 1.82) is 0 Å². The van der Waals surface area contributed by atoms with Crippen molar-refractivity contribution in [2.45, 2.75) is 0 Å². The smallest absolute Gasteiger partial charge is 0.336 e. The van der Waals surface area contributed by atoms with Crippen LogP contribution in [0.2, 0.25) is 10.0 Å². The molecule has 1 aliphatic heterocycles. The van der Waals surface area contributed by atoms with Crippen molar-refractivity contribution in [3.05, 3.63) is 73.9 Å². The van der Waals surface area contributed by atoms with E-state index in [1.807, 2.05) is 5.43 Å². The van der Waals surface area contributed by atoms with Gasteiger partial charge in [0.2, 0.25) is 5.43 Å². The third-order valence-electron chi connectivity index (χ3n) is 4.75. The van der Waals surface area contributed by atoms with E-state index in [4.69, 9.17) is 33.5 Å². The highest BCUT2D eigenvalue weighted by Crippen LogP contribution is 2.44. The number of amides is 1. The summed E-state index contributed by atoms with van der Waals surface area (Å²) in [7, 11) is 0. The molecule has 0 fully saturated rings. The average molecular weight is 459 g/mol. The third-order valence-corrected chi connectivity index (χ3v) is 5.35. The van der Waals surface area contributed by atoms with Gasteiger partial charge in [0.15, 0.2) is 0 Å². The van der Waals surface area contributed by atoms with E-state index in [9.17, 15) is 24.6 Å². The number of benzene rings is 3. The number of phenols is 1. The van der Waals surface area contributed by atoms with Crippen LogP contribution in [0.15, 0.2) is 51.7 Å². The summed E-state index contributed by atoms with van der Waals surface area (Å²) in [5.74, 6) is 3.16. The van der Waals surface area contributed by atoms with E-state index in [2.05, 4.69) is 0 Å². The van der Waals surface area contributed by atoms with Gasteiger partial charge in [-0.2, -0.15) is 0 Å². The maximum absolute atomic E-state index is 12.1. The molecule has 0 atom stereocenters. The Bertz CT molecular complexity index is 1430. The maximum Gasteiger partial charge on any atom is 0.336 e. The fraction of sp³-hybridized carbons (Fsp3) is 0. The molecule has 0 spiro atoms. The molecule has 2 aliphatic rings. The van der Waals surface area contributed by atoms with Crippen LogP contribution in [-0.4, -0.2) is 22.1 Å². The first-order valence-electron chi connectivity index (χ1n) is 8.68. The van der Waals surface area contributed by atoms with Crippen LogP contribution in [0.4, 0.5) is 0 Å². The van der Waals surface area contributed by atoms with Gasteiger partial charge in [-0.25, -0.2) is 10.6 Å². The Morgan fingerprint density at radius 2 is 1.74 bits per heavy atom. The molecule has 2 aromatic carbocycles. The summed E-state index contributed by atoms with van der Waals surface area (Å²) in [6.07, 6.45) is 0. The van der Waals surface area contributed by atoms with Crippen LogP contribution in [0.25, 0.3) is 33.4 Å². The van der Waals surface area contributed by atoms with Crippen LogP contribution in [0.3, 0.4) is 0 Å². The van der Waals surface area contributed by atoms with E-state index >= 15 is 0 Å². The number of phenolic OH excluding ortho intramolecular Hbond substituents is 1. The minimum Gasteiger partial charge on any atom is -0.506 e. The average Bonchev–Trinajstić information content (AvgIpc) is 2.73. The molecule has 1 amide bonds. The second kappa shape index (κ2) is 7.59. The third kappa shape index (κ3) is 3.46. The highest BCUT2D eigenvalue weighted by molar-refractivity contribution is 6.33. The minimum absolute atomic E-state index is 0.0115. The first-order valence-corrected chi connectivity index (χ1v) is 9.44. The van der Waals surface area contributed by atoms with Crippen molar-refractivity contribution < 1.29 is 24.2 Å². The fourth-order valence-electron chi connectivity index (χ4n) is 3.35. The van der Waals surface area contributed by atoms with Gasteiger partial charge in [0.25, 0.3) is 5.91 Å². The Labute approximate surface area is 183 Å². The monoisotopic (exact) mass is 458 g/mol. The Morgan fingerprint density at radius 3 is 2.42 bits per heavy atom. The lowest BCUT2D eigenvalue weighted by molar-refractivity contribution is 0.0697. The Morgan fingerprint density at radius 1 is 1.00 bits per heavy atom. The number of carboxylic acid groups (broad SMARTS) is 1. The van der Waals surface area contributed by atoms with Gasteiger partial charge >= 0.3 is 5.97 Å². The van der Waals surface area contributed by atoms with Crippen LogP contribution >= 0.6 is 23.2 Å². The zero-order valence-corrected chi connectivity index (χ0v) is 16.9. The molecule has 0 saturated carbocycles. The molecule has 10 heteroatoms. The Hall–Kier alpha value is -3.59. The van der Waals surface area contributed by atoms with Gasteiger partial charge in [-0.15, -0.1) is 0 Å². The number of carbonyl (C=O) groups is 2. The highest BCUT2D eigenvalue weighted by Gasteiger charge is 2.24. The van der Waals surface area contributed by atoms with Gasteiger partial charge in [-0.05, 0) is 35.9 Å². The predicted molar refractivity (Wildman–Crippen MR) is 115 cm³/mol. The number of carbonyl (C=O) groups excluding carboxylic acids is 1. The number of fused-ring (bicyclic) bond motifs is 2. The number of halogens is 2. The molecular weight excluding hydrogens is 447 g/mol. The Kier molecular flexibility index (Phi) is 5.06. The van der Waals surface area contributed by atoms with E-state index in [-0.39, 0.29) is 43.8 Å². The lowest BCUT2D eigenvalue weighted by atomic mass is 9.89. The highest BCUT2D eigenvalue weighted by atomic mass is 35.5. The van der Waals surface area contributed by atoms with E-state index in [0.29, 0.717) is 16.5 Å². The molecule has 5 N–H and O–H groups in total. The summed E-state index contributed by atoms with van der Waals surface area (Å²) in [5, 5.41) is 20.0. The van der Waals surface area contributed by atoms with Crippen molar-refractivity contribution in [3.8, 4) is 28.2 Å². The van der Waals surface area contributed by atoms with Gasteiger partial charge in [0, 0.05) is 34.2 Å². The van der Waals surface area contributed by atoms with E-state index in [1.54, 1.807) is 0 Å². The second-order valence-electron chi connectivity index (χ2n) is 6.59. The predicted octanol–water partition coefficient (Wildman–Crippen LogP) is 3.88. The van der Waals surface area contributed by atoms with Gasteiger partial charge < -0.3 is 14.6 Å². The summed E-state index contributed by atoms with van der Waals surface area (Å²) in [6, 6.07) is 9.06. The van der Waals surface area contributed by atoms with Gasteiger partial charge in [-0.3, -0.25) is 15.0 Å². The van der Waals surface area contributed by atoms with Gasteiger partial charge in [0.05, 0.1) is 15.6 Å². The molecule has 4 rings (SSSR count). The van der Waals surface area contributed by atoms with E-state index in [1.165, 1.54) is 36.4 Å². The lowest BCUT2D eigenvalue weighted by Crippen LogP contribution is -2.30. The number of hydrazine groups is 1. The quantitative estimate of drug-likeness (QED) is 0.158. The van der Waals surface area contributed by atoms with Gasteiger partial charge in [-0.1, -0.05) is 23.2 Å². The van der Waals surface area contributed by atoms with Crippen LogP contribution < -0.4 is 16.7 Å². The molecule has 0 aromatic heterocycles. The Balaban J connectivity index is 2.24. The number of carboxylic acids is 1. The summed E-state index contributed by atoms with van der Waals surface area (Å²) >= 11 is 12.1. The molecule has 0 saturated heterocycles. The number of nitrogens with one attached hydrogen (secondary N) is 1. The van der Waals surface area contributed by atoms with E-state index < -0.39 is 17.3 Å². The fourth-order valence-corrected chi connectivity index (χ4v) is 3.68. The summed E-state index contributed by atoms with van der Waals surface area (Å²) in [4.78, 5) is 36.1. The molecule has 2 aromatic rings. The summed E-state index contributed by atoms with van der Waals surface area (Å²) < 4.78 is 5.76. The van der Waals surface area contributed by atoms with Crippen LogP contribution in [-0.2, 0) is 0 Å². The molecule has 0 bridgehead atoms. The second-order valence-corrected chi connectivity index (χ2v) is 7.41. The first-order chi connectivity index (χ1) is 14.7. The van der Waals surface area contributed by atoms with Crippen LogP contribution in [0.1, 0.15) is 20.7 Å². The van der Waals surface area contributed by atoms with Crippen molar-refractivity contribution >= 4 is 46.0 Å². The zero-order valence-electron chi connectivity index (χ0n) is 15.4. The first kappa shape index (κ1) is 20.7. The SMILES string of the molecule is NNC(=O)c1ccc(C(=O)O)c(-c2c3cc(Cl)c(=O)cc-3oc3cc(O)c(Cl)cc23)c1. The molecule has 31 heavy (non-hydrogen) atoms.